The second kappa shape index (κ2) is 8.34. The third kappa shape index (κ3) is 5.10. The first-order valence-electron chi connectivity index (χ1n) is 7.30. The van der Waals surface area contributed by atoms with Gasteiger partial charge in [0.2, 0.25) is 5.91 Å². The molecule has 0 bridgehead atoms. The fourth-order valence-electron chi connectivity index (χ4n) is 1.92. The molecule has 7 nitrogen and oxygen atoms in total. The van der Waals surface area contributed by atoms with Gasteiger partial charge in [-0.2, -0.15) is 0 Å². The number of carbonyl (C=O) groups is 1. The van der Waals surface area contributed by atoms with Crippen LogP contribution in [0.3, 0.4) is 0 Å². The van der Waals surface area contributed by atoms with Crippen molar-refractivity contribution in [1.82, 2.24) is 9.71 Å². The van der Waals surface area contributed by atoms with Crippen LogP contribution < -0.4 is 10.0 Å². The average Bonchev–Trinajstić information content (AvgIpc) is 3.00. The van der Waals surface area contributed by atoms with Crippen LogP contribution in [0.25, 0.3) is 0 Å². The number of nitrogens with zero attached hydrogens (tertiary/aromatic N) is 1. The number of sulfonamides is 1. The van der Waals surface area contributed by atoms with Gasteiger partial charge in [0.25, 0.3) is 10.0 Å². The molecule has 0 aliphatic carbocycles. The van der Waals surface area contributed by atoms with Crippen LogP contribution in [0.15, 0.2) is 34.7 Å². The normalized spacial score (nSPS) is 11.4. The second-order valence-corrected chi connectivity index (χ2v) is 7.92. The molecule has 0 unspecified atom stereocenters. The van der Waals surface area contributed by atoms with Gasteiger partial charge in [0.15, 0.2) is 9.34 Å². The first-order valence-corrected chi connectivity index (χ1v) is 9.60. The summed E-state index contributed by atoms with van der Waals surface area (Å²) in [6, 6.07) is 7.49. The lowest BCUT2D eigenvalue weighted by molar-refractivity contribution is -0.114. The van der Waals surface area contributed by atoms with E-state index in [0.717, 1.165) is 22.5 Å². The number of nitrogens with one attached hydrogen (secondary N) is 2. The van der Waals surface area contributed by atoms with Gasteiger partial charge in [0.05, 0.1) is 12.8 Å². The maximum Gasteiger partial charge on any atom is 0.252 e. The van der Waals surface area contributed by atoms with E-state index in [9.17, 15) is 13.2 Å². The molecule has 1 heterocycles. The summed E-state index contributed by atoms with van der Waals surface area (Å²) in [6.45, 7) is 4.42. The Morgan fingerprint density at radius 3 is 2.67 bits per heavy atom. The fourth-order valence-corrected chi connectivity index (χ4v) is 4.05. The van der Waals surface area contributed by atoms with Crippen molar-refractivity contribution in [3.63, 3.8) is 0 Å². The maximum atomic E-state index is 12.3. The lowest BCUT2D eigenvalue weighted by Gasteiger charge is -2.10. The highest BCUT2D eigenvalue weighted by molar-refractivity contribution is 7.91. The van der Waals surface area contributed by atoms with Gasteiger partial charge in [0, 0.05) is 20.1 Å². The first-order chi connectivity index (χ1) is 11.4. The standard InChI is InChI=1S/C15H19N3O4S2/c1-3-22-10-13-7-5-4-6-12(13)8-17-24(20,21)14-9-16-15(23-14)18-11(2)19/h4-7,9,17H,3,8,10H2,1-2H3,(H,16,18,19). The van der Waals surface area contributed by atoms with Crippen molar-refractivity contribution in [3.05, 3.63) is 41.6 Å². The fraction of sp³-hybridized carbons (Fsp3) is 0.333. The molecule has 0 saturated carbocycles. The van der Waals surface area contributed by atoms with Gasteiger partial charge in [-0.1, -0.05) is 35.6 Å². The number of benzene rings is 1. The van der Waals surface area contributed by atoms with Crippen LogP contribution in [0.4, 0.5) is 5.13 Å². The average molecular weight is 369 g/mol. The van der Waals surface area contributed by atoms with E-state index in [-0.39, 0.29) is 21.8 Å². The van der Waals surface area contributed by atoms with Gasteiger partial charge in [-0.3, -0.25) is 4.79 Å². The van der Waals surface area contributed by atoms with Crippen LogP contribution in [0, 0.1) is 0 Å². The zero-order valence-electron chi connectivity index (χ0n) is 13.4. The van der Waals surface area contributed by atoms with E-state index in [1.54, 1.807) is 0 Å². The topological polar surface area (TPSA) is 97.4 Å². The number of anilines is 1. The Bertz CT molecular complexity index is 803. The number of ether oxygens (including phenoxy) is 1. The van der Waals surface area contributed by atoms with Gasteiger partial charge in [0.1, 0.15) is 0 Å². The molecule has 2 N–H and O–H groups in total. The lowest BCUT2D eigenvalue weighted by atomic mass is 10.1. The van der Waals surface area contributed by atoms with Crippen molar-refractivity contribution in [3.8, 4) is 0 Å². The zero-order valence-corrected chi connectivity index (χ0v) is 15.0. The van der Waals surface area contributed by atoms with Gasteiger partial charge in [-0.15, -0.1) is 0 Å². The Balaban J connectivity index is 2.08. The third-order valence-electron chi connectivity index (χ3n) is 3.07. The number of rotatable bonds is 8. The molecular weight excluding hydrogens is 350 g/mol. The van der Waals surface area contributed by atoms with Gasteiger partial charge in [-0.25, -0.2) is 18.1 Å². The number of carbonyl (C=O) groups excluding carboxylic acids is 1. The highest BCUT2D eigenvalue weighted by Gasteiger charge is 2.18. The second-order valence-electron chi connectivity index (χ2n) is 4.90. The molecule has 1 aromatic carbocycles. The van der Waals surface area contributed by atoms with E-state index in [1.165, 1.54) is 13.1 Å². The van der Waals surface area contributed by atoms with Crippen molar-refractivity contribution >= 4 is 32.4 Å². The van der Waals surface area contributed by atoms with Crippen molar-refractivity contribution in [2.75, 3.05) is 11.9 Å². The number of thiazole rings is 1. The number of hydrogen-bond acceptors (Lipinski definition) is 6. The van der Waals surface area contributed by atoms with E-state index >= 15 is 0 Å². The molecule has 130 valence electrons. The van der Waals surface area contributed by atoms with Crippen molar-refractivity contribution in [1.29, 1.82) is 0 Å². The lowest BCUT2D eigenvalue weighted by Crippen LogP contribution is -2.23. The summed E-state index contributed by atoms with van der Waals surface area (Å²) in [7, 11) is -3.70. The predicted molar refractivity (Wildman–Crippen MR) is 92.2 cm³/mol. The minimum absolute atomic E-state index is 0.0496. The largest absolute Gasteiger partial charge is 0.377 e. The summed E-state index contributed by atoms with van der Waals surface area (Å²) in [5, 5.41) is 2.71. The van der Waals surface area contributed by atoms with Crippen LogP contribution in [0.5, 0.6) is 0 Å². The molecule has 24 heavy (non-hydrogen) atoms. The van der Waals surface area contributed by atoms with Crippen LogP contribution in [-0.4, -0.2) is 25.9 Å². The molecule has 0 radical (unpaired) electrons. The highest BCUT2D eigenvalue weighted by Crippen LogP contribution is 2.23. The van der Waals surface area contributed by atoms with Crippen molar-refractivity contribution < 1.29 is 17.9 Å². The van der Waals surface area contributed by atoms with Crippen LogP contribution in [0.1, 0.15) is 25.0 Å². The minimum atomic E-state index is -3.70. The molecule has 0 aliphatic heterocycles. The summed E-state index contributed by atoms with van der Waals surface area (Å²) in [6.07, 6.45) is 1.23. The minimum Gasteiger partial charge on any atom is -0.377 e. The Kier molecular flexibility index (Phi) is 6.44. The van der Waals surface area contributed by atoms with Crippen LogP contribution in [0.2, 0.25) is 0 Å². The number of aromatic nitrogens is 1. The Labute approximate surface area is 145 Å². The molecule has 0 atom stereocenters. The molecule has 0 fully saturated rings. The number of hydrogen-bond donors (Lipinski definition) is 2. The number of amides is 1. The SMILES string of the molecule is CCOCc1ccccc1CNS(=O)(=O)c1cnc(NC(C)=O)s1. The summed E-state index contributed by atoms with van der Waals surface area (Å²) < 4.78 is 32.7. The molecule has 1 aromatic heterocycles. The van der Waals surface area contributed by atoms with E-state index in [2.05, 4.69) is 15.0 Å². The van der Waals surface area contributed by atoms with Crippen molar-refractivity contribution in [2.24, 2.45) is 0 Å². The highest BCUT2D eigenvalue weighted by atomic mass is 32.2. The van der Waals surface area contributed by atoms with E-state index in [4.69, 9.17) is 4.74 Å². The van der Waals surface area contributed by atoms with Gasteiger partial charge >= 0.3 is 0 Å². The third-order valence-corrected chi connectivity index (χ3v) is 5.84. The Morgan fingerprint density at radius 1 is 1.29 bits per heavy atom. The van der Waals surface area contributed by atoms with Gasteiger partial charge < -0.3 is 10.1 Å². The summed E-state index contributed by atoms with van der Waals surface area (Å²) in [4.78, 5) is 14.9. The molecule has 2 aromatic rings. The summed E-state index contributed by atoms with van der Waals surface area (Å²) in [5.41, 5.74) is 1.78. The molecular formula is C15H19N3O4S2. The molecule has 9 heteroatoms. The van der Waals surface area contributed by atoms with E-state index in [1.807, 2.05) is 31.2 Å². The first kappa shape index (κ1) is 18.5. The maximum absolute atomic E-state index is 12.3. The van der Waals surface area contributed by atoms with E-state index < -0.39 is 10.0 Å². The Hall–Kier alpha value is -1.81. The monoisotopic (exact) mass is 369 g/mol. The molecule has 0 aliphatic rings. The zero-order chi connectivity index (χ0) is 17.6. The molecule has 0 spiro atoms. The quantitative estimate of drug-likeness (QED) is 0.743. The van der Waals surface area contributed by atoms with E-state index in [0.29, 0.717) is 13.2 Å². The summed E-state index contributed by atoms with van der Waals surface area (Å²) >= 11 is 0.903. The van der Waals surface area contributed by atoms with Crippen LogP contribution >= 0.6 is 11.3 Å². The molecule has 2 rings (SSSR count). The van der Waals surface area contributed by atoms with Gasteiger partial charge in [-0.05, 0) is 18.1 Å². The Morgan fingerprint density at radius 2 is 2.00 bits per heavy atom. The molecule has 0 saturated heterocycles. The van der Waals surface area contributed by atoms with Crippen LogP contribution in [-0.2, 0) is 32.7 Å². The molecule has 1 amide bonds. The van der Waals surface area contributed by atoms with Crippen molar-refractivity contribution in [2.45, 2.75) is 31.2 Å². The smallest absolute Gasteiger partial charge is 0.252 e. The predicted octanol–water partition coefficient (Wildman–Crippen LogP) is 2.12. The summed E-state index contributed by atoms with van der Waals surface area (Å²) in [5.74, 6) is -0.300.